The molecule has 2 rings (SSSR count). The van der Waals surface area contributed by atoms with Crippen molar-refractivity contribution in [3.63, 3.8) is 0 Å². The van der Waals surface area contributed by atoms with E-state index < -0.39 is 0 Å². The summed E-state index contributed by atoms with van der Waals surface area (Å²) in [6, 6.07) is 12.6. The Morgan fingerprint density at radius 2 is 1.52 bits per heavy atom. The molecular formula is C17H20N2O4. The van der Waals surface area contributed by atoms with E-state index in [1.54, 1.807) is 39.5 Å². The molecule has 0 fully saturated rings. The maximum atomic E-state index is 12.0. The van der Waals surface area contributed by atoms with Crippen LogP contribution in [0.15, 0.2) is 42.5 Å². The molecule has 0 aliphatic rings. The van der Waals surface area contributed by atoms with E-state index in [0.717, 1.165) is 11.4 Å². The zero-order valence-electron chi connectivity index (χ0n) is 13.4. The smallest absolute Gasteiger partial charge is 0.243 e. The van der Waals surface area contributed by atoms with Crippen molar-refractivity contribution < 1.29 is 19.0 Å². The summed E-state index contributed by atoms with van der Waals surface area (Å²) in [6.45, 7) is 0.153. The molecule has 0 aromatic heterocycles. The molecule has 2 aromatic carbocycles. The van der Waals surface area contributed by atoms with Gasteiger partial charge in [0.25, 0.3) is 0 Å². The molecule has 2 aromatic rings. The lowest BCUT2D eigenvalue weighted by Crippen LogP contribution is -2.21. The molecule has 2 N–H and O–H groups in total. The van der Waals surface area contributed by atoms with Crippen LogP contribution in [0.4, 0.5) is 11.4 Å². The van der Waals surface area contributed by atoms with Crippen LogP contribution in [0.1, 0.15) is 0 Å². The van der Waals surface area contributed by atoms with Gasteiger partial charge in [-0.2, -0.15) is 0 Å². The topological polar surface area (TPSA) is 68.8 Å². The Labute approximate surface area is 135 Å². The molecule has 0 aliphatic carbocycles. The van der Waals surface area contributed by atoms with Crippen LogP contribution in [0.2, 0.25) is 0 Å². The van der Waals surface area contributed by atoms with Crippen LogP contribution < -0.4 is 24.8 Å². The van der Waals surface area contributed by atoms with Gasteiger partial charge in [0.2, 0.25) is 5.91 Å². The van der Waals surface area contributed by atoms with Gasteiger partial charge in [-0.15, -0.1) is 0 Å². The zero-order chi connectivity index (χ0) is 16.7. The van der Waals surface area contributed by atoms with Crippen molar-refractivity contribution in [1.29, 1.82) is 0 Å². The first-order chi connectivity index (χ1) is 11.2. The van der Waals surface area contributed by atoms with E-state index >= 15 is 0 Å². The number of carbonyl (C=O) groups excluding carboxylic acids is 1. The minimum absolute atomic E-state index is 0.153. The van der Waals surface area contributed by atoms with Gasteiger partial charge in [0.05, 0.1) is 27.9 Å². The van der Waals surface area contributed by atoms with Crippen molar-refractivity contribution in [2.45, 2.75) is 0 Å². The lowest BCUT2D eigenvalue weighted by molar-refractivity contribution is -0.114. The van der Waals surface area contributed by atoms with E-state index in [9.17, 15) is 4.79 Å². The fourth-order valence-corrected chi connectivity index (χ4v) is 2.01. The van der Waals surface area contributed by atoms with Crippen molar-refractivity contribution in [3.8, 4) is 17.2 Å². The fourth-order valence-electron chi connectivity index (χ4n) is 2.01. The molecular weight excluding hydrogens is 296 g/mol. The zero-order valence-corrected chi connectivity index (χ0v) is 13.4. The Hall–Kier alpha value is -2.89. The SMILES string of the molecule is COc1ccc(NCC(=O)Nc2ccc(OC)c(OC)c2)cc1. The van der Waals surface area contributed by atoms with Crippen LogP contribution in [-0.2, 0) is 4.79 Å². The average molecular weight is 316 g/mol. The summed E-state index contributed by atoms with van der Waals surface area (Å²) in [7, 11) is 4.72. The maximum absolute atomic E-state index is 12.0. The summed E-state index contributed by atoms with van der Waals surface area (Å²) in [6.07, 6.45) is 0. The van der Waals surface area contributed by atoms with Crippen molar-refractivity contribution in [3.05, 3.63) is 42.5 Å². The van der Waals surface area contributed by atoms with E-state index in [1.165, 1.54) is 0 Å². The lowest BCUT2D eigenvalue weighted by atomic mass is 10.2. The number of rotatable bonds is 7. The molecule has 6 nitrogen and oxygen atoms in total. The van der Waals surface area contributed by atoms with E-state index in [0.29, 0.717) is 17.2 Å². The van der Waals surface area contributed by atoms with Gasteiger partial charge in [0.1, 0.15) is 5.75 Å². The third-order valence-electron chi connectivity index (χ3n) is 3.21. The third kappa shape index (κ3) is 4.54. The second-order valence-electron chi connectivity index (χ2n) is 4.70. The van der Waals surface area contributed by atoms with Gasteiger partial charge in [0.15, 0.2) is 11.5 Å². The molecule has 0 spiro atoms. The second kappa shape index (κ2) is 7.93. The molecule has 6 heteroatoms. The van der Waals surface area contributed by atoms with Gasteiger partial charge >= 0.3 is 0 Å². The Morgan fingerprint density at radius 3 is 2.13 bits per heavy atom. The number of anilines is 2. The molecule has 122 valence electrons. The summed E-state index contributed by atoms with van der Waals surface area (Å²) in [5.74, 6) is 1.79. The molecule has 0 bridgehead atoms. The summed E-state index contributed by atoms with van der Waals surface area (Å²) in [5, 5.41) is 5.84. The predicted molar refractivity (Wildman–Crippen MR) is 89.7 cm³/mol. The van der Waals surface area contributed by atoms with Crippen LogP contribution in [0.3, 0.4) is 0 Å². The molecule has 0 aliphatic heterocycles. The molecule has 0 saturated carbocycles. The summed E-state index contributed by atoms with van der Waals surface area (Å²) < 4.78 is 15.5. The molecule has 0 radical (unpaired) electrons. The number of benzene rings is 2. The quantitative estimate of drug-likeness (QED) is 0.822. The van der Waals surface area contributed by atoms with Gasteiger partial charge in [-0.3, -0.25) is 4.79 Å². The molecule has 0 saturated heterocycles. The first kappa shape index (κ1) is 16.5. The monoisotopic (exact) mass is 316 g/mol. The maximum Gasteiger partial charge on any atom is 0.243 e. The Morgan fingerprint density at radius 1 is 0.870 bits per heavy atom. The van der Waals surface area contributed by atoms with Gasteiger partial charge in [0, 0.05) is 17.4 Å². The van der Waals surface area contributed by atoms with Crippen molar-refractivity contribution in [2.75, 3.05) is 38.5 Å². The summed E-state index contributed by atoms with van der Waals surface area (Å²) in [4.78, 5) is 12.0. The van der Waals surface area contributed by atoms with E-state index in [2.05, 4.69) is 10.6 Å². The largest absolute Gasteiger partial charge is 0.497 e. The summed E-state index contributed by atoms with van der Waals surface area (Å²) in [5.41, 5.74) is 1.48. The highest BCUT2D eigenvalue weighted by Crippen LogP contribution is 2.29. The van der Waals surface area contributed by atoms with Crippen LogP contribution in [-0.4, -0.2) is 33.8 Å². The molecule has 0 atom stereocenters. The van der Waals surface area contributed by atoms with Crippen molar-refractivity contribution in [2.24, 2.45) is 0 Å². The number of methoxy groups -OCH3 is 3. The predicted octanol–water partition coefficient (Wildman–Crippen LogP) is 2.76. The number of hydrogen-bond acceptors (Lipinski definition) is 5. The Bertz CT molecular complexity index is 656. The van der Waals surface area contributed by atoms with Crippen LogP contribution in [0, 0.1) is 0 Å². The number of carbonyl (C=O) groups is 1. The molecule has 23 heavy (non-hydrogen) atoms. The van der Waals surface area contributed by atoms with Crippen molar-refractivity contribution in [1.82, 2.24) is 0 Å². The van der Waals surface area contributed by atoms with Gasteiger partial charge in [-0.05, 0) is 36.4 Å². The Balaban J connectivity index is 1.91. The number of hydrogen-bond donors (Lipinski definition) is 2. The highest BCUT2D eigenvalue weighted by Gasteiger charge is 2.07. The summed E-state index contributed by atoms with van der Waals surface area (Å²) >= 11 is 0. The fraction of sp³-hybridized carbons (Fsp3) is 0.235. The first-order valence-corrected chi connectivity index (χ1v) is 7.06. The first-order valence-electron chi connectivity index (χ1n) is 7.06. The van der Waals surface area contributed by atoms with Crippen LogP contribution in [0.5, 0.6) is 17.2 Å². The number of nitrogens with one attached hydrogen (secondary N) is 2. The van der Waals surface area contributed by atoms with E-state index in [4.69, 9.17) is 14.2 Å². The molecule has 0 unspecified atom stereocenters. The normalized spacial score (nSPS) is 9.87. The van der Waals surface area contributed by atoms with Crippen molar-refractivity contribution >= 4 is 17.3 Å². The average Bonchev–Trinajstić information content (AvgIpc) is 2.60. The minimum Gasteiger partial charge on any atom is -0.497 e. The third-order valence-corrected chi connectivity index (χ3v) is 3.21. The van der Waals surface area contributed by atoms with Gasteiger partial charge in [-0.25, -0.2) is 0 Å². The van der Waals surface area contributed by atoms with E-state index in [1.807, 2.05) is 24.3 Å². The van der Waals surface area contributed by atoms with Crippen LogP contribution in [0.25, 0.3) is 0 Å². The lowest BCUT2D eigenvalue weighted by Gasteiger charge is -2.11. The van der Waals surface area contributed by atoms with E-state index in [-0.39, 0.29) is 12.5 Å². The van der Waals surface area contributed by atoms with Gasteiger partial charge < -0.3 is 24.8 Å². The Kier molecular flexibility index (Phi) is 5.68. The second-order valence-corrected chi connectivity index (χ2v) is 4.70. The van der Waals surface area contributed by atoms with Gasteiger partial charge in [-0.1, -0.05) is 0 Å². The highest BCUT2D eigenvalue weighted by atomic mass is 16.5. The number of ether oxygens (including phenoxy) is 3. The minimum atomic E-state index is -0.159. The van der Waals surface area contributed by atoms with Crippen LogP contribution >= 0.6 is 0 Å². The molecule has 0 heterocycles. The highest BCUT2D eigenvalue weighted by molar-refractivity contribution is 5.94. The number of amides is 1. The standard InChI is InChI=1S/C17H20N2O4/c1-21-14-7-4-12(5-8-14)18-11-17(20)19-13-6-9-15(22-2)16(10-13)23-3/h4-10,18H,11H2,1-3H3,(H,19,20). The molecule has 1 amide bonds.